The first-order valence-corrected chi connectivity index (χ1v) is 10.5. The molecule has 5 nitrogen and oxygen atoms in total. The monoisotopic (exact) mass is 398 g/mol. The van der Waals surface area contributed by atoms with Gasteiger partial charge in [-0.15, -0.1) is 0 Å². The Kier molecular flexibility index (Phi) is 7.53. The number of hydrogen-bond donors (Lipinski definition) is 1. The number of ether oxygens (including phenoxy) is 3. The number of hydrogen-bond acceptors (Lipinski definition) is 4. The first-order chi connectivity index (χ1) is 14.1. The standard InChI is InChI=1S/C24H30O5/c1-3-9-17-10-8-13-19-22(17)29-20(14-15-21(25)26)24(27-16-4-2)23(19)28-18-11-6-5-7-12-18/h5-8,10-13,20,23-24H,3-4,9,14-16H2,1-2H3,(H,25,26). The third-order valence-corrected chi connectivity index (χ3v) is 5.05. The van der Waals surface area contributed by atoms with Gasteiger partial charge in [0.2, 0.25) is 0 Å². The summed E-state index contributed by atoms with van der Waals surface area (Å²) in [6, 6.07) is 15.8. The van der Waals surface area contributed by atoms with Gasteiger partial charge in [-0.2, -0.15) is 0 Å². The molecule has 0 saturated carbocycles. The highest BCUT2D eigenvalue weighted by molar-refractivity contribution is 5.66. The van der Waals surface area contributed by atoms with Crippen LogP contribution in [0.25, 0.3) is 0 Å². The minimum Gasteiger partial charge on any atom is -0.487 e. The minimum atomic E-state index is -0.837. The summed E-state index contributed by atoms with van der Waals surface area (Å²) in [6.07, 6.45) is 2.05. The molecule has 0 fully saturated rings. The predicted octanol–water partition coefficient (Wildman–Crippen LogP) is 5.18. The van der Waals surface area contributed by atoms with E-state index in [1.807, 2.05) is 42.5 Å². The highest BCUT2D eigenvalue weighted by Crippen LogP contribution is 2.42. The van der Waals surface area contributed by atoms with Crippen LogP contribution < -0.4 is 9.47 Å². The van der Waals surface area contributed by atoms with E-state index in [0.717, 1.165) is 41.9 Å². The quantitative estimate of drug-likeness (QED) is 0.597. The normalized spacial score (nSPS) is 20.6. The number of carboxylic acids is 1. The summed E-state index contributed by atoms with van der Waals surface area (Å²) >= 11 is 0. The molecule has 1 aliphatic heterocycles. The van der Waals surface area contributed by atoms with Crippen LogP contribution in [0.5, 0.6) is 11.5 Å². The van der Waals surface area contributed by atoms with Crippen LogP contribution in [0, 0.1) is 0 Å². The van der Waals surface area contributed by atoms with E-state index < -0.39 is 5.97 Å². The van der Waals surface area contributed by atoms with Gasteiger partial charge in [0.05, 0.1) is 0 Å². The first-order valence-electron chi connectivity index (χ1n) is 10.5. The lowest BCUT2D eigenvalue weighted by Gasteiger charge is -2.40. The molecule has 0 amide bonds. The second-order valence-corrected chi connectivity index (χ2v) is 7.36. The molecule has 3 unspecified atom stereocenters. The van der Waals surface area contributed by atoms with Crippen LogP contribution in [0.1, 0.15) is 56.8 Å². The molecule has 0 spiro atoms. The van der Waals surface area contributed by atoms with Crippen molar-refractivity contribution < 1.29 is 24.1 Å². The largest absolute Gasteiger partial charge is 0.487 e. The van der Waals surface area contributed by atoms with Crippen molar-refractivity contribution in [2.75, 3.05) is 6.61 Å². The molecule has 0 radical (unpaired) electrons. The number of benzene rings is 2. The van der Waals surface area contributed by atoms with Gasteiger partial charge in [0.25, 0.3) is 0 Å². The topological polar surface area (TPSA) is 65.0 Å². The molecular formula is C24H30O5. The second-order valence-electron chi connectivity index (χ2n) is 7.36. The van der Waals surface area contributed by atoms with Gasteiger partial charge in [-0.05, 0) is 37.0 Å². The second kappa shape index (κ2) is 10.3. The van der Waals surface area contributed by atoms with Crippen LogP contribution in [0.2, 0.25) is 0 Å². The molecular weight excluding hydrogens is 368 g/mol. The van der Waals surface area contributed by atoms with Gasteiger partial charge < -0.3 is 19.3 Å². The Balaban J connectivity index is 2.00. The van der Waals surface area contributed by atoms with Crippen molar-refractivity contribution in [1.82, 2.24) is 0 Å². The third kappa shape index (κ3) is 5.30. The Labute approximate surface area is 172 Å². The summed E-state index contributed by atoms with van der Waals surface area (Å²) in [7, 11) is 0. The highest BCUT2D eigenvalue weighted by Gasteiger charge is 2.41. The fraction of sp³-hybridized carbons (Fsp3) is 0.458. The molecule has 2 aromatic rings. The van der Waals surface area contributed by atoms with Crippen LogP contribution in [-0.4, -0.2) is 29.9 Å². The van der Waals surface area contributed by atoms with Crippen molar-refractivity contribution in [2.24, 2.45) is 0 Å². The molecule has 1 aliphatic rings. The summed E-state index contributed by atoms with van der Waals surface area (Å²) in [5.41, 5.74) is 2.09. The molecule has 29 heavy (non-hydrogen) atoms. The SMILES string of the molecule is CCCOC1C(CCC(=O)O)Oc2c(CCC)cccc2C1Oc1ccccc1. The van der Waals surface area contributed by atoms with Gasteiger partial charge in [-0.3, -0.25) is 4.79 Å². The number of aliphatic carboxylic acids is 1. The summed E-state index contributed by atoms with van der Waals surface area (Å²) in [4.78, 5) is 11.2. The van der Waals surface area contributed by atoms with Gasteiger partial charge >= 0.3 is 5.97 Å². The van der Waals surface area contributed by atoms with Crippen molar-refractivity contribution >= 4 is 5.97 Å². The number of fused-ring (bicyclic) bond motifs is 1. The van der Waals surface area contributed by atoms with E-state index in [0.29, 0.717) is 13.0 Å². The maximum Gasteiger partial charge on any atom is 0.303 e. The van der Waals surface area contributed by atoms with E-state index in [9.17, 15) is 9.90 Å². The lowest BCUT2D eigenvalue weighted by Crippen LogP contribution is -2.45. The average molecular weight is 398 g/mol. The first kappa shape index (κ1) is 21.2. The Hall–Kier alpha value is -2.53. The number of carbonyl (C=O) groups is 1. The van der Waals surface area contributed by atoms with Crippen LogP contribution >= 0.6 is 0 Å². The Morgan fingerprint density at radius 2 is 1.86 bits per heavy atom. The zero-order valence-electron chi connectivity index (χ0n) is 17.2. The average Bonchev–Trinajstić information content (AvgIpc) is 2.73. The van der Waals surface area contributed by atoms with Crippen molar-refractivity contribution in [3.8, 4) is 11.5 Å². The maximum absolute atomic E-state index is 11.2. The van der Waals surface area contributed by atoms with Crippen LogP contribution in [-0.2, 0) is 16.0 Å². The molecule has 3 atom stereocenters. The number of carboxylic acid groups (broad SMARTS) is 1. The summed E-state index contributed by atoms with van der Waals surface area (Å²) < 4.78 is 19.0. The number of aryl methyl sites for hydroxylation is 1. The zero-order chi connectivity index (χ0) is 20.6. The molecule has 5 heteroatoms. The molecule has 1 N–H and O–H groups in total. The molecule has 156 valence electrons. The zero-order valence-corrected chi connectivity index (χ0v) is 17.2. The predicted molar refractivity (Wildman–Crippen MR) is 112 cm³/mol. The molecule has 0 saturated heterocycles. The van der Waals surface area contributed by atoms with Crippen LogP contribution in [0.3, 0.4) is 0 Å². The van der Waals surface area contributed by atoms with Gasteiger partial charge in [0.1, 0.15) is 23.7 Å². The maximum atomic E-state index is 11.2. The van der Waals surface area contributed by atoms with E-state index in [1.165, 1.54) is 0 Å². The van der Waals surface area contributed by atoms with Gasteiger partial charge in [-0.25, -0.2) is 0 Å². The van der Waals surface area contributed by atoms with Crippen molar-refractivity contribution in [3.05, 3.63) is 59.7 Å². The number of rotatable bonds is 10. The molecule has 0 aromatic heterocycles. The van der Waals surface area contributed by atoms with Crippen molar-refractivity contribution in [2.45, 2.75) is 64.3 Å². The summed E-state index contributed by atoms with van der Waals surface area (Å²) in [6.45, 7) is 4.75. The molecule has 0 bridgehead atoms. The van der Waals surface area contributed by atoms with E-state index >= 15 is 0 Å². The Bertz CT molecular complexity index is 789. The van der Waals surface area contributed by atoms with E-state index in [1.54, 1.807) is 0 Å². The molecule has 2 aromatic carbocycles. The molecule has 0 aliphatic carbocycles. The summed E-state index contributed by atoms with van der Waals surface area (Å²) in [5.74, 6) is 0.742. The van der Waals surface area contributed by atoms with E-state index in [4.69, 9.17) is 14.2 Å². The van der Waals surface area contributed by atoms with Crippen molar-refractivity contribution in [3.63, 3.8) is 0 Å². The van der Waals surface area contributed by atoms with Crippen molar-refractivity contribution in [1.29, 1.82) is 0 Å². The fourth-order valence-corrected chi connectivity index (χ4v) is 3.74. The lowest BCUT2D eigenvalue weighted by molar-refractivity contribution is -0.139. The smallest absolute Gasteiger partial charge is 0.303 e. The van der Waals surface area contributed by atoms with Gasteiger partial charge in [0, 0.05) is 18.6 Å². The minimum absolute atomic E-state index is 0.0278. The fourth-order valence-electron chi connectivity index (χ4n) is 3.74. The number of para-hydroxylation sites is 2. The van der Waals surface area contributed by atoms with Gasteiger partial charge in [0.15, 0.2) is 6.10 Å². The summed E-state index contributed by atoms with van der Waals surface area (Å²) in [5, 5.41) is 9.21. The Morgan fingerprint density at radius 3 is 2.55 bits per heavy atom. The molecule has 3 rings (SSSR count). The molecule has 1 heterocycles. The third-order valence-electron chi connectivity index (χ3n) is 5.05. The van der Waals surface area contributed by atoms with E-state index in [2.05, 4.69) is 19.9 Å². The van der Waals surface area contributed by atoms with Gasteiger partial charge in [-0.1, -0.05) is 56.7 Å². The lowest BCUT2D eigenvalue weighted by atomic mass is 9.90. The Morgan fingerprint density at radius 1 is 1.07 bits per heavy atom. The van der Waals surface area contributed by atoms with Crippen LogP contribution in [0.4, 0.5) is 0 Å². The highest BCUT2D eigenvalue weighted by atomic mass is 16.6. The van der Waals surface area contributed by atoms with Crippen LogP contribution in [0.15, 0.2) is 48.5 Å². The van der Waals surface area contributed by atoms with E-state index in [-0.39, 0.29) is 24.7 Å².